The standard InChI is InChI=1S/C15H23N3O/c1-10(2)9-18(12-5-6-12)15(19)13-8-17-11(3)7-14(13)16-4/h7-8,10,12H,5-6,9H2,1-4H3,(H,16,17). The minimum absolute atomic E-state index is 0.105. The summed E-state index contributed by atoms with van der Waals surface area (Å²) in [6.07, 6.45) is 3.96. The quantitative estimate of drug-likeness (QED) is 0.886. The minimum atomic E-state index is 0.105. The molecule has 1 saturated carbocycles. The summed E-state index contributed by atoms with van der Waals surface area (Å²) in [4.78, 5) is 19.0. The van der Waals surface area contributed by atoms with Crippen LogP contribution in [-0.4, -0.2) is 35.4 Å². The van der Waals surface area contributed by atoms with Crippen molar-refractivity contribution in [3.05, 3.63) is 23.5 Å². The van der Waals surface area contributed by atoms with Gasteiger partial charge in [0.05, 0.1) is 11.3 Å². The lowest BCUT2D eigenvalue weighted by Gasteiger charge is -2.25. The summed E-state index contributed by atoms with van der Waals surface area (Å²) in [6, 6.07) is 2.36. The molecule has 104 valence electrons. The highest BCUT2D eigenvalue weighted by atomic mass is 16.2. The van der Waals surface area contributed by atoms with Gasteiger partial charge in [0.1, 0.15) is 0 Å². The number of amides is 1. The molecule has 0 bridgehead atoms. The van der Waals surface area contributed by atoms with Crippen LogP contribution in [0, 0.1) is 12.8 Å². The van der Waals surface area contributed by atoms with E-state index in [9.17, 15) is 4.79 Å². The van der Waals surface area contributed by atoms with Crippen LogP contribution in [0.25, 0.3) is 0 Å². The molecule has 1 aromatic heterocycles. The van der Waals surface area contributed by atoms with Gasteiger partial charge < -0.3 is 10.2 Å². The molecular formula is C15H23N3O. The van der Waals surface area contributed by atoms with Crippen molar-refractivity contribution in [2.45, 2.75) is 39.7 Å². The van der Waals surface area contributed by atoms with Crippen LogP contribution in [0.3, 0.4) is 0 Å². The molecule has 19 heavy (non-hydrogen) atoms. The van der Waals surface area contributed by atoms with E-state index in [4.69, 9.17) is 0 Å². The minimum Gasteiger partial charge on any atom is -0.387 e. The van der Waals surface area contributed by atoms with E-state index in [-0.39, 0.29) is 5.91 Å². The van der Waals surface area contributed by atoms with Crippen molar-refractivity contribution in [1.82, 2.24) is 9.88 Å². The number of hydrogen-bond acceptors (Lipinski definition) is 3. The van der Waals surface area contributed by atoms with Gasteiger partial charge in [0.2, 0.25) is 0 Å². The Hall–Kier alpha value is -1.58. The third-order valence-corrected chi connectivity index (χ3v) is 3.35. The van der Waals surface area contributed by atoms with Crippen LogP contribution < -0.4 is 5.32 Å². The molecule has 0 aliphatic heterocycles. The molecule has 0 unspecified atom stereocenters. The van der Waals surface area contributed by atoms with Crippen molar-refractivity contribution in [3.8, 4) is 0 Å². The van der Waals surface area contributed by atoms with Crippen LogP contribution in [0.4, 0.5) is 5.69 Å². The van der Waals surface area contributed by atoms with E-state index in [1.54, 1.807) is 6.20 Å². The second-order valence-corrected chi connectivity index (χ2v) is 5.70. The first kappa shape index (κ1) is 13.8. The first-order chi connectivity index (χ1) is 9.02. The lowest BCUT2D eigenvalue weighted by molar-refractivity contribution is 0.0723. The summed E-state index contributed by atoms with van der Waals surface area (Å²) in [5.41, 5.74) is 2.47. The monoisotopic (exact) mass is 261 g/mol. The van der Waals surface area contributed by atoms with Crippen molar-refractivity contribution in [2.24, 2.45) is 5.92 Å². The maximum absolute atomic E-state index is 12.7. The number of nitrogens with zero attached hydrogens (tertiary/aromatic N) is 2. The Bertz CT molecular complexity index is 466. The molecule has 1 aromatic rings. The van der Waals surface area contributed by atoms with Crippen LogP contribution in [0.5, 0.6) is 0 Å². The number of aryl methyl sites for hydroxylation is 1. The zero-order chi connectivity index (χ0) is 14.0. The molecule has 0 atom stereocenters. The summed E-state index contributed by atoms with van der Waals surface area (Å²) in [5.74, 6) is 0.592. The van der Waals surface area contributed by atoms with Crippen LogP contribution in [-0.2, 0) is 0 Å². The molecule has 4 nitrogen and oxygen atoms in total. The zero-order valence-corrected chi connectivity index (χ0v) is 12.2. The van der Waals surface area contributed by atoms with E-state index in [2.05, 4.69) is 24.1 Å². The Kier molecular flexibility index (Phi) is 4.08. The summed E-state index contributed by atoms with van der Waals surface area (Å²) in [7, 11) is 1.84. The second-order valence-electron chi connectivity index (χ2n) is 5.70. The van der Waals surface area contributed by atoms with Crippen molar-refractivity contribution in [2.75, 3.05) is 18.9 Å². The normalized spacial score (nSPS) is 14.6. The molecule has 1 heterocycles. The lowest BCUT2D eigenvalue weighted by atomic mass is 10.1. The summed E-state index contributed by atoms with van der Waals surface area (Å²) >= 11 is 0. The molecule has 1 amide bonds. The number of aromatic nitrogens is 1. The molecule has 0 saturated heterocycles. The number of anilines is 1. The van der Waals surface area contributed by atoms with Gasteiger partial charge in [-0.15, -0.1) is 0 Å². The van der Waals surface area contributed by atoms with Crippen molar-refractivity contribution >= 4 is 11.6 Å². The summed E-state index contributed by atoms with van der Waals surface area (Å²) in [5, 5.41) is 3.10. The largest absolute Gasteiger partial charge is 0.387 e. The fourth-order valence-electron chi connectivity index (χ4n) is 2.27. The molecular weight excluding hydrogens is 238 g/mol. The predicted octanol–water partition coefficient (Wildman–Crippen LogP) is 2.69. The van der Waals surface area contributed by atoms with E-state index >= 15 is 0 Å². The van der Waals surface area contributed by atoms with Crippen LogP contribution in [0.15, 0.2) is 12.3 Å². The first-order valence-electron chi connectivity index (χ1n) is 6.98. The summed E-state index contributed by atoms with van der Waals surface area (Å²) < 4.78 is 0. The third-order valence-electron chi connectivity index (χ3n) is 3.35. The fraction of sp³-hybridized carbons (Fsp3) is 0.600. The number of pyridine rings is 1. The molecule has 1 fully saturated rings. The molecule has 0 radical (unpaired) electrons. The van der Waals surface area contributed by atoms with Gasteiger partial charge in [-0.1, -0.05) is 13.8 Å². The van der Waals surface area contributed by atoms with Gasteiger partial charge in [-0.25, -0.2) is 0 Å². The second kappa shape index (κ2) is 5.59. The zero-order valence-electron chi connectivity index (χ0n) is 12.2. The number of nitrogens with one attached hydrogen (secondary N) is 1. The fourth-order valence-corrected chi connectivity index (χ4v) is 2.27. The first-order valence-corrected chi connectivity index (χ1v) is 6.98. The SMILES string of the molecule is CNc1cc(C)ncc1C(=O)N(CC(C)C)C1CC1. The molecule has 0 spiro atoms. The van der Waals surface area contributed by atoms with Gasteiger partial charge >= 0.3 is 0 Å². The van der Waals surface area contributed by atoms with E-state index in [0.717, 1.165) is 30.8 Å². The topological polar surface area (TPSA) is 45.2 Å². The van der Waals surface area contributed by atoms with E-state index in [0.29, 0.717) is 17.5 Å². The van der Waals surface area contributed by atoms with Gasteiger partial charge in [-0.05, 0) is 31.7 Å². The predicted molar refractivity (Wildman–Crippen MR) is 77.4 cm³/mol. The van der Waals surface area contributed by atoms with Crippen LogP contribution >= 0.6 is 0 Å². The van der Waals surface area contributed by atoms with E-state index < -0.39 is 0 Å². The molecule has 1 aliphatic rings. The maximum atomic E-state index is 12.7. The average Bonchev–Trinajstić information content (AvgIpc) is 3.19. The highest BCUT2D eigenvalue weighted by Gasteiger charge is 2.34. The highest BCUT2D eigenvalue weighted by Crippen LogP contribution is 2.30. The highest BCUT2D eigenvalue weighted by molar-refractivity contribution is 5.99. The molecule has 0 aromatic carbocycles. The van der Waals surface area contributed by atoms with Gasteiger partial charge in [-0.3, -0.25) is 9.78 Å². The number of rotatable bonds is 5. The van der Waals surface area contributed by atoms with Gasteiger partial charge in [0.25, 0.3) is 5.91 Å². The number of carbonyl (C=O) groups excluding carboxylic acids is 1. The molecule has 2 rings (SSSR count). The average molecular weight is 261 g/mol. The Morgan fingerprint density at radius 2 is 2.21 bits per heavy atom. The van der Waals surface area contributed by atoms with Crippen molar-refractivity contribution < 1.29 is 4.79 Å². The van der Waals surface area contributed by atoms with Gasteiger partial charge in [0.15, 0.2) is 0 Å². The lowest BCUT2D eigenvalue weighted by Crippen LogP contribution is -2.36. The Balaban J connectivity index is 2.25. The summed E-state index contributed by atoms with van der Waals surface area (Å²) in [6.45, 7) is 7.05. The smallest absolute Gasteiger partial charge is 0.257 e. The molecule has 1 aliphatic carbocycles. The Labute approximate surface area is 115 Å². The molecule has 1 N–H and O–H groups in total. The number of hydrogen-bond donors (Lipinski definition) is 1. The van der Waals surface area contributed by atoms with Gasteiger partial charge in [0, 0.05) is 31.5 Å². The van der Waals surface area contributed by atoms with Crippen LogP contribution in [0.1, 0.15) is 42.7 Å². The number of carbonyl (C=O) groups is 1. The Morgan fingerprint density at radius 1 is 1.53 bits per heavy atom. The van der Waals surface area contributed by atoms with E-state index in [1.807, 2.05) is 24.9 Å². The van der Waals surface area contributed by atoms with Crippen LogP contribution in [0.2, 0.25) is 0 Å². The molecule has 4 heteroatoms. The Morgan fingerprint density at radius 3 is 2.74 bits per heavy atom. The third kappa shape index (κ3) is 3.25. The van der Waals surface area contributed by atoms with Crippen molar-refractivity contribution in [1.29, 1.82) is 0 Å². The maximum Gasteiger partial charge on any atom is 0.257 e. The van der Waals surface area contributed by atoms with E-state index in [1.165, 1.54) is 0 Å². The van der Waals surface area contributed by atoms with Crippen molar-refractivity contribution in [3.63, 3.8) is 0 Å². The van der Waals surface area contributed by atoms with Gasteiger partial charge in [-0.2, -0.15) is 0 Å².